The van der Waals surface area contributed by atoms with E-state index in [0.717, 1.165) is 9.35 Å². The van der Waals surface area contributed by atoms with E-state index in [-0.39, 0.29) is 5.91 Å². The average Bonchev–Trinajstić information content (AvgIpc) is 2.94. The fraction of sp³-hybridized carbons (Fsp3) is 0.400. The van der Waals surface area contributed by atoms with Gasteiger partial charge in [-0.2, -0.15) is 9.36 Å². The maximum atomic E-state index is 11.1. The molecule has 2 rings (SSSR count). The molecule has 2 aromatic heterocycles. The maximum Gasteiger partial charge on any atom is 0.270 e. The number of hydrogen-bond acceptors (Lipinski definition) is 6. The lowest BCUT2D eigenvalue weighted by Crippen LogP contribution is -2.26. The summed E-state index contributed by atoms with van der Waals surface area (Å²) in [5, 5.41) is 3.88. The van der Waals surface area contributed by atoms with Gasteiger partial charge in [-0.15, -0.1) is 0 Å². The summed E-state index contributed by atoms with van der Waals surface area (Å²) in [5.74, 6) is 1.05. The van der Waals surface area contributed by atoms with Gasteiger partial charge < -0.3 is 9.42 Å². The second-order valence-electron chi connectivity index (χ2n) is 3.71. The van der Waals surface area contributed by atoms with Crippen LogP contribution in [0.2, 0.25) is 0 Å². The summed E-state index contributed by atoms with van der Waals surface area (Å²) in [4.78, 5) is 17.7. The zero-order valence-corrected chi connectivity index (χ0v) is 12.3. The Labute approximate surface area is 116 Å². The molecule has 0 spiro atoms. The molecule has 0 bridgehead atoms. The SMILES string of the molecule is CC(=O)N(C)CCc1noc(-c2sncc2Br)n1. The van der Waals surface area contributed by atoms with Crippen LogP contribution in [0.4, 0.5) is 0 Å². The fourth-order valence-corrected chi connectivity index (χ4v) is 2.43. The second kappa shape index (κ2) is 5.57. The number of nitrogens with zero attached hydrogens (tertiary/aromatic N) is 4. The van der Waals surface area contributed by atoms with Crippen molar-refractivity contribution in [2.24, 2.45) is 0 Å². The molecule has 1 amide bonds. The molecular weight excluding hydrogens is 320 g/mol. The summed E-state index contributed by atoms with van der Waals surface area (Å²) in [6, 6.07) is 0. The minimum atomic E-state index is 0.0175. The van der Waals surface area contributed by atoms with Crippen LogP contribution in [-0.4, -0.2) is 38.9 Å². The summed E-state index contributed by atoms with van der Waals surface area (Å²) < 4.78 is 10.0. The molecule has 96 valence electrons. The zero-order valence-electron chi connectivity index (χ0n) is 9.88. The van der Waals surface area contributed by atoms with Gasteiger partial charge in [0.1, 0.15) is 4.88 Å². The van der Waals surface area contributed by atoms with Gasteiger partial charge in [0.15, 0.2) is 5.82 Å². The average molecular weight is 331 g/mol. The molecule has 2 heterocycles. The molecule has 0 fully saturated rings. The highest BCUT2D eigenvalue weighted by Gasteiger charge is 2.14. The van der Waals surface area contributed by atoms with Gasteiger partial charge in [-0.3, -0.25) is 4.79 Å². The van der Waals surface area contributed by atoms with Crippen LogP contribution in [0.5, 0.6) is 0 Å². The number of likely N-dealkylation sites (N-methyl/N-ethyl adjacent to an activating group) is 1. The third kappa shape index (κ3) is 2.94. The van der Waals surface area contributed by atoms with E-state index in [0.29, 0.717) is 24.7 Å². The lowest BCUT2D eigenvalue weighted by molar-refractivity contribution is -0.127. The molecule has 0 aliphatic heterocycles. The number of rotatable bonds is 4. The van der Waals surface area contributed by atoms with E-state index < -0.39 is 0 Å². The second-order valence-corrected chi connectivity index (χ2v) is 5.37. The van der Waals surface area contributed by atoms with Crippen LogP contribution in [0.3, 0.4) is 0 Å². The van der Waals surface area contributed by atoms with Gasteiger partial charge in [0.2, 0.25) is 5.91 Å². The van der Waals surface area contributed by atoms with Crippen molar-refractivity contribution in [3.63, 3.8) is 0 Å². The smallest absolute Gasteiger partial charge is 0.270 e. The quantitative estimate of drug-likeness (QED) is 0.857. The summed E-state index contributed by atoms with van der Waals surface area (Å²) >= 11 is 4.65. The molecule has 8 heteroatoms. The highest BCUT2D eigenvalue weighted by Crippen LogP contribution is 2.30. The van der Waals surface area contributed by atoms with Gasteiger partial charge in [0.05, 0.1) is 10.7 Å². The first-order valence-corrected chi connectivity index (χ1v) is 6.79. The standard InChI is InChI=1S/C10H11BrN4O2S/c1-6(16)15(2)4-3-8-13-10(17-14-8)9-7(11)5-12-18-9/h5H,3-4H2,1-2H3. The van der Waals surface area contributed by atoms with Crippen LogP contribution in [0, 0.1) is 0 Å². The van der Waals surface area contributed by atoms with E-state index in [1.165, 1.54) is 18.5 Å². The number of amides is 1. The predicted molar refractivity (Wildman–Crippen MR) is 70.1 cm³/mol. The van der Waals surface area contributed by atoms with Gasteiger partial charge >= 0.3 is 0 Å². The van der Waals surface area contributed by atoms with Crippen molar-refractivity contribution in [1.82, 2.24) is 19.4 Å². The van der Waals surface area contributed by atoms with E-state index in [4.69, 9.17) is 4.52 Å². The summed E-state index contributed by atoms with van der Waals surface area (Å²) in [7, 11) is 1.74. The van der Waals surface area contributed by atoms with Crippen molar-refractivity contribution < 1.29 is 9.32 Å². The first kappa shape index (κ1) is 13.2. The van der Waals surface area contributed by atoms with E-state index in [1.807, 2.05) is 0 Å². The highest BCUT2D eigenvalue weighted by molar-refractivity contribution is 9.10. The van der Waals surface area contributed by atoms with Crippen molar-refractivity contribution in [1.29, 1.82) is 0 Å². The number of halogens is 1. The molecule has 0 atom stereocenters. The van der Waals surface area contributed by atoms with E-state index >= 15 is 0 Å². The largest absolute Gasteiger partial charge is 0.346 e. The van der Waals surface area contributed by atoms with Crippen LogP contribution in [-0.2, 0) is 11.2 Å². The Hall–Kier alpha value is -1.28. The molecule has 0 radical (unpaired) electrons. The molecule has 0 N–H and O–H groups in total. The number of carbonyl (C=O) groups excluding carboxylic acids is 1. The monoisotopic (exact) mass is 330 g/mol. The molecule has 6 nitrogen and oxygen atoms in total. The Balaban J connectivity index is 2.03. The maximum absolute atomic E-state index is 11.1. The molecule has 0 saturated heterocycles. The normalized spacial score (nSPS) is 10.6. The van der Waals surface area contributed by atoms with Crippen LogP contribution in [0.15, 0.2) is 15.2 Å². The van der Waals surface area contributed by atoms with E-state index in [9.17, 15) is 4.79 Å². The van der Waals surface area contributed by atoms with Crippen molar-refractivity contribution in [2.45, 2.75) is 13.3 Å². The third-order valence-electron chi connectivity index (χ3n) is 2.40. The van der Waals surface area contributed by atoms with Crippen LogP contribution >= 0.6 is 27.5 Å². The molecule has 0 aliphatic carbocycles. The molecule has 0 unspecified atom stereocenters. The minimum absolute atomic E-state index is 0.0175. The molecular formula is C10H11BrN4O2S. The first-order valence-electron chi connectivity index (χ1n) is 5.22. The molecule has 18 heavy (non-hydrogen) atoms. The topological polar surface area (TPSA) is 72.1 Å². The summed E-state index contributed by atoms with van der Waals surface area (Å²) in [5.41, 5.74) is 0. The lowest BCUT2D eigenvalue weighted by atomic mass is 10.3. The lowest BCUT2D eigenvalue weighted by Gasteiger charge is -2.12. The van der Waals surface area contributed by atoms with Crippen LogP contribution in [0.1, 0.15) is 12.7 Å². The third-order valence-corrected chi connectivity index (χ3v) is 4.05. The molecule has 2 aromatic rings. The Kier molecular flexibility index (Phi) is 4.07. The van der Waals surface area contributed by atoms with Crippen molar-refractivity contribution in [3.05, 3.63) is 16.5 Å². The highest BCUT2D eigenvalue weighted by atomic mass is 79.9. The summed E-state index contributed by atoms with van der Waals surface area (Å²) in [6.45, 7) is 2.09. The van der Waals surface area contributed by atoms with Gasteiger partial charge in [-0.1, -0.05) is 5.16 Å². The van der Waals surface area contributed by atoms with Gasteiger partial charge in [-0.05, 0) is 27.5 Å². The van der Waals surface area contributed by atoms with Crippen molar-refractivity contribution in [3.8, 4) is 10.8 Å². The number of carbonyl (C=O) groups is 1. The first-order chi connectivity index (χ1) is 8.58. The minimum Gasteiger partial charge on any atom is -0.346 e. The van der Waals surface area contributed by atoms with Crippen molar-refractivity contribution >= 4 is 33.4 Å². The molecule has 0 aliphatic rings. The fourth-order valence-electron chi connectivity index (χ4n) is 1.24. The zero-order chi connectivity index (χ0) is 13.1. The Morgan fingerprint density at radius 3 is 3.00 bits per heavy atom. The van der Waals surface area contributed by atoms with E-state index in [1.54, 1.807) is 18.1 Å². The van der Waals surface area contributed by atoms with Gasteiger partial charge in [-0.25, -0.2) is 0 Å². The van der Waals surface area contributed by atoms with Crippen LogP contribution < -0.4 is 0 Å². The van der Waals surface area contributed by atoms with E-state index in [2.05, 4.69) is 30.4 Å². The van der Waals surface area contributed by atoms with Crippen LogP contribution in [0.25, 0.3) is 10.8 Å². The molecule has 0 saturated carbocycles. The molecule has 0 aromatic carbocycles. The van der Waals surface area contributed by atoms with Crippen molar-refractivity contribution in [2.75, 3.05) is 13.6 Å². The van der Waals surface area contributed by atoms with Gasteiger partial charge in [0, 0.05) is 26.9 Å². The number of hydrogen-bond donors (Lipinski definition) is 0. The predicted octanol–water partition coefficient (Wildman–Crippen LogP) is 1.98. The number of aromatic nitrogens is 3. The Bertz CT molecular complexity index is 554. The Morgan fingerprint density at radius 2 is 2.39 bits per heavy atom. The van der Waals surface area contributed by atoms with Gasteiger partial charge in [0.25, 0.3) is 5.89 Å². The Morgan fingerprint density at radius 1 is 1.61 bits per heavy atom. The summed E-state index contributed by atoms with van der Waals surface area (Å²) in [6.07, 6.45) is 2.25.